The lowest BCUT2D eigenvalue weighted by atomic mass is 9.93. The van der Waals surface area contributed by atoms with Crippen molar-refractivity contribution < 1.29 is 67.7 Å². The number of carbonyl (C=O) groups excluding carboxylic acids is 2. The van der Waals surface area contributed by atoms with Crippen LogP contribution in [0.25, 0.3) is 0 Å². The summed E-state index contributed by atoms with van der Waals surface area (Å²) in [7, 11) is 0. The second-order valence-corrected chi connectivity index (χ2v) is 8.54. The minimum Gasteiger partial charge on any atom is -0.506 e. The molecule has 0 heterocycles. The Hall–Kier alpha value is -4.28. The lowest BCUT2D eigenvalue weighted by molar-refractivity contribution is -0.348. The molecule has 3 aromatic rings. The topological polar surface area (TPSA) is 87.7 Å². The molecule has 3 N–H and O–H groups in total. The fraction of sp³-hybridized carbons (Fsp3) is 0.167. The number of phenolic OH excluding ortho intramolecular Hbond substituents is 1. The maximum Gasteiger partial charge on any atom is 0.435 e. The summed E-state index contributed by atoms with van der Waals surface area (Å²) in [5, 5.41) is 13.5. The molecule has 0 saturated heterocycles. The Morgan fingerprint density at radius 1 is 0.833 bits per heavy atom. The quantitative estimate of drug-likeness (QED) is 0.183. The summed E-state index contributed by atoms with van der Waals surface area (Å²) in [5.41, 5.74) is -12.4. The van der Waals surface area contributed by atoms with Gasteiger partial charge in [0.05, 0.1) is 16.8 Å². The van der Waals surface area contributed by atoms with Crippen LogP contribution in [0, 0.1) is 11.6 Å². The van der Waals surface area contributed by atoms with Crippen LogP contribution in [0.5, 0.6) is 11.5 Å². The second kappa shape index (κ2) is 11.5. The van der Waals surface area contributed by atoms with Gasteiger partial charge in [-0.1, -0.05) is 17.7 Å². The molecule has 0 aliphatic carbocycles. The fourth-order valence-corrected chi connectivity index (χ4v) is 3.62. The number of phenols is 1. The first kappa shape index (κ1) is 32.2. The van der Waals surface area contributed by atoms with E-state index in [1.807, 2.05) is 5.32 Å². The maximum atomic E-state index is 15.1. The highest BCUT2D eigenvalue weighted by Gasteiger charge is 2.73. The second-order valence-electron chi connectivity index (χ2n) is 8.10. The van der Waals surface area contributed by atoms with Crippen LogP contribution in [0.4, 0.5) is 59.7 Å². The largest absolute Gasteiger partial charge is 0.506 e. The van der Waals surface area contributed by atoms with Gasteiger partial charge in [-0.3, -0.25) is 9.59 Å². The molecule has 0 radical (unpaired) electrons. The summed E-state index contributed by atoms with van der Waals surface area (Å²) in [6, 6.07) is 4.43. The van der Waals surface area contributed by atoms with Crippen LogP contribution in [-0.4, -0.2) is 35.9 Å². The summed E-state index contributed by atoms with van der Waals surface area (Å²) < 4.78 is 152. The molecule has 3 rings (SSSR count). The van der Waals surface area contributed by atoms with Gasteiger partial charge < -0.3 is 20.5 Å². The standard InChI is InChI=1S/C24H12ClF11N2O4/c25-10-4-5-13(26)12(8-10)20(41)37-14-3-1-2-11(17(14)27)19(40)38-18-15(39)6-9(7-16(18)42-21(28)29)22(30,23(31,32)33)24(34,35)36/h1-8,21,39H,(H,37,41)(H,38,40). The summed E-state index contributed by atoms with van der Waals surface area (Å²) in [5.74, 6) is -9.09. The van der Waals surface area contributed by atoms with Gasteiger partial charge >= 0.3 is 24.6 Å². The summed E-state index contributed by atoms with van der Waals surface area (Å²) in [6.07, 6.45) is -13.4. The average molecular weight is 637 g/mol. The predicted octanol–water partition coefficient (Wildman–Crippen LogP) is 7.72. The van der Waals surface area contributed by atoms with Gasteiger partial charge in [0.25, 0.3) is 11.8 Å². The Morgan fingerprint density at radius 3 is 2.00 bits per heavy atom. The van der Waals surface area contributed by atoms with E-state index in [2.05, 4.69) is 4.74 Å². The minimum absolute atomic E-state index is 0.0710. The molecule has 18 heteroatoms. The fourth-order valence-electron chi connectivity index (χ4n) is 3.45. The third-order valence-corrected chi connectivity index (χ3v) is 5.61. The molecule has 0 aromatic heterocycles. The van der Waals surface area contributed by atoms with Crippen molar-refractivity contribution >= 4 is 34.8 Å². The molecule has 0 saturated carbocycles. The number of ether oxygens (including phenoxy) is 1. The first-order valence-corrected chi connectivity index (χ1v) is 11.2. The maximum absolute atomic E-state index is 15.1. The lowest BCUT2D eigenvalue weighted by Crippen LogP contribution is -2.50. The van der Waals surface area contributed by atoms with Crippen molar-refractivity contribution in [3.05, 3.63) is 81.9 Å². The molecule has 0 bridgehead atoms. The molecule has 42 heavy (non-hydrogen) atoms. The molecule has 0 unspecified atom stereocenters. The number of rotatable bonds is 7. The van der Waals surface area contributed by atoms with Gasteiger partial charge in [-0.15, -0.1) is 0 Å². The van der Waals surface area contributed by atoms with Crippen LogP contribution in [0.15, 0.2) is 48.5 Å². The molecule has 0 atom stereocenters. The van der Waals surface area contributed by atoms with Gasteiger partial charge in [0.1, 0.15) is 17.3 Å². The van der Waals surface area contributed by atoms with E-state index in [1.54, 1.807) is 5.32 Å². The van der Waals surface area contributed by atoms with Crippen molar-refractivity contribution in [3.63, 3.8) is 0 Å². The molecule has 6 nitrogen and oxygen atoms in total. The Balaban J connectivity index is 2.02. The van der Waals surface area contributed by atoms with E-state index < -0.39 is 99.8 Å². The number of benzene rings is 3. The zero-order chi connectivity index (χ0) is 31.8. The number of aromatic hydroxyl groups is 1. The van der Waals surface area contributed by atoms with E-state index in [0.29, 0.717) is 0 Å². The molecular formula is C24H12ClF11N2O4. The highest BCUT2D eigenvalue weighted by Crippen LogP contribution is 2.55. The smallest absolute Gasteiger partial charge is 0.435 e. The van der Waals surface area contributed by atoms with Crippen LogP contribution in [0.2, 0.25) is 5.02 Å². The van der Waals surface area contributed by atoms with Crippen LogP contribution in [-0.2, 0) is 5.67 Å². The first-order chi connectivity index (χ1) is 19.3. The Morgan fingerprint density at radius 2 is 1.43 bits per heavy atom. The van der Waals surface area contributed by atoms with Gasteiger partial charge in [-0.25, -0.2) is 13.2 Å². The lowest BCUT2D eigenvalue weighted by Gasteiger charge is -2.31. The minimum atomic E-state index is -6.70. The molecule has 0 spiro atoms. The first-order valence-electron chi connectivity index (χ1n) is 10.8. The summed E-state index contributed by atoms with van der Waals surface area (Å²) in [4.78, 5) is 25.1. The molecule has 2 amide bonds. The number of anilines is 2. The number of amides is 2. The van der Waals surface area contributed by atoms with Gasteiger partial charge in [-0.2, -0.15) is 35.1 Å². The zero-order valence-electron chi connectivity index (χ0n) is 19.9. The van der Waals surface area contributed by atoms with Crippen molar-refractivity contribution in [3.8, 4) is 11.5 Å². The molecule has 0 fully saturated rings. The number of halogens is 12. The van der Waals surface area contributed by atoms with Crippen LogP contribution >= 0.6 is 11.6 Å². The van der Waals surface area contributed by atoms with Crippen molar-refractivity contribution in [1.29, 1.82) is 0 Å². The van der Waals surface area contributed by atoms with Crippen molar-refractivity contribution in [2.24, 2.45) is 0 Å². The SMILES string of the molecule is O=C(Nc1cccc(C(=O)Nc2c(O)cc(C(F)(C(F)(F)F)C(F)(F)F)cc2OC(F)F)c1F)c1cc(Cl)ccc1F. The highest BCUT2D eigenvalue weighted by molar-refractivity contribution is 6.31. The number of carbonyl (C=O) groups is 2. The van der Waals surface area contributed by atoms with Crippen LogP contribution < -0.4 is 15.4 Å². The van der Waals surface area contributed by atoms with E-state index in [1.165, 1.54) is 0 Å². The van der Waals surface area contributed by atoms with Crippen molar-refractivity contribution in [1.82, 2.24) is 0 Å². The van der Waals surface area contributed by atoms with Crippen molar-refractivity contribution in [2.75, 3.05) is 10.6 Å². The number of hydrogen-bond acceptors (Lipinski definition) is 4. The molecular weight excluding hydrogens is 625 g/mol. The Labute approximate surface area is 231 Å². The molecule has 0 aliphatic heterocycles. The molecule has 0 aliphatic rings. The Bertz CT molecular complexity index is 1510. The van der Waals surface area contributed by atoms with Crippen LogP contribution in [0.1, 0.15) is 26.3 Å². The third-order valence-electron chi connectivity index (χ3n) is 5.38. The van der Waals surface area contributed by atoms with Gasteiger partial charge in [0.2, 0.25) is 0 Å². The van der Waals surface area contributed by atoms with E-state index >= 15 is 4.39 Å². The molecule has 3 aromatic carbocycles. The van der Waals surface area contributed by atoms with E-state index in [9.17, 15) is 58.6 Å². The van der Waals surface area contributed by atoms with Gasteiger partial charge in [0, 0.05) is 10.6 Å². The van der Waals surface area contributed by atoms with Crippen LogP contribution in [0.3, 0.4) is 0 Å². The van der Waals surface area contributed by atoms with E-state index in [0.717, 1.165) is 36.4 Å². The monoisotopic (exact) mass is 636 g/mol. The summed E-state index contributed by atoms with van der Waals surface area (Å²) in [6.45, 7) is -3.98. The average Bonchev–Trinajstić information content (AvgIpc) is 2.86. The number of hydrogen-bond donors (Lipinski definition) is 3. The van der Waals surface area contributed by atoms with Crippen molar-refractivity contribution in [2.45, 2.75) is 24.6 Å². The third kappa shape index (κ3) is 6.29. The predicted molar refractivity (Wildman–Crippen MR) is 123 cm³/mol. The summed E-state index contributed by atoms with van der Waals surface area (Å²) >= 11 is 5.69. The zero-order valence-corrected chi connectivity index (χ0v) is 20.7. The number of nitrogens with one attached hydrogen (secondary N) is 2. The van der Waals surface area contributed by atoms with E-state index in [-0.39, 0.29) is 5.02 Å². The molecule has 226 valence electrons. The number of alkyl halides is 9. The Kier molecular flexibility index (Phi) is 8.86. The van der Waals surface area contributed by atoms with E-state index in [4.69, 9.17) is 11.6 Å². The van der Waals surface area contributed by atoms with Gasteiger partial charge in [-0.05, 0) is 42.5 Å². The normalized spacial score (nSPS) is 12.3. The van der Waals surface area contributed by atoms with Gasteiger partial charge in [0.15, 0.2) is 11.6 Å². The highest BCUT2D eigenvalue weighted by atomic mass is 35.5.